The van der Waals surface area contributed by atoms with Crippen molar-refractivity contribution in [2.45, 2.75) is 50.7 Å². The molecular formula is C25H29N3O2S. The predicted octanol–water partition coefficient (Wildman–Crippen LogP) is 4.86. The van der Waals surface area contributed by atoms with Crippen molar-refractivity contribution in [2.24, 2.45) is 5.92 Å². The van der Waals surface area contributed by atoms with E-state index < -0.39 is 0 Å². The fraction of sp³-hybridized carbons (Fsp3) is 0.440. The lowest BCUT2D eigenvalue weighted by atomic mass is 9.84. The molecule has 1 aliphatic carbocycles. The Bertz CT molecular complexity index is 946. The molecule has 0 N–H and O–H groups in total. The number of furan rings is 1. The molecule has 1 atom stereocenters. The lowest BCUT2D eigenvalue weighted by molar-refractivity contribution is 0.0454. The van der Waals surface area contributed by atoms with Crippen molar-refractivity contribution in [1.29, 1.82) is 0 Å². The Hall–Kier alpha value is -2.44. The molecule has 1 saturated carbocycles. The average molecular weight is 436 g/mol. The van der Waals surface area contributed by atoms with E-state index in [0.29, 0.717) is 17.7 Å². The molecule has 2 aromatic heterocycles. The minimum Gasteiger partial charge on any atom is -0.459 e. The first-order valence-electron chi connectivity index (χ1n) is 11.3. The lowest BCUT2D eigenvalue weighted by Gasteiger charge is -2.41. The second-order valence-electron chi connectivity index (χ2n) is 8.72. The number of carbonyl (C=O) groups is 1. The smallest absolute Gasteiger partial charge is 0.290 e. The van der Waals surface area contributed by atoms with Gasteiger partial charge in [0.2, 0.25) is 0 Å². The SMILES string of the molecule is O=C(c1ccco1)N(C1CC1)C(Cc1ccccc1)C1CCN(Cc2nccs2)CC1. The van der Waals surface area contributed by atoms with E-state index in [-0.39, 0.29) is 11.9 Å². The molecular weight excluding hydrogens is 406 g/mol. The predicted molar refractivity (Wildman–Crippen MR) is 122 cm³/mol. The summed E-state index contributed by atoms with van der Waals surface area (Å²) in [7, 11) is 0. The second-order valence-corrected chi connectivity index (χ2v) is 9.70. The molecule has 162 valence electrons. The lowest BCUT2D eigenvalue weighted by Crippen LogP contribution is -2.50. The first kappa shape index (κ1) is 20.5. The van der Waals surface area contributed by atoms with Gasteiger partial charge in [0, 0.05) is 23.7 Å². The largest absolute Gasteiger partial charge is 0.459 e. The number of aromatic nitrogens is 1. The maximum atomic E-state index is 13.5. The normalized spacial score (nSPS) is 18.7. The van der Waals surface area contributed by atoms with Crippen molar-refractivity contribution >= 4 is 17.2 Å². The second kappa shape index (κ2) is 9.37. The summed E-state index contributed by atoms with van der Waals surface area (Å²) in [4.78, 5) is 22.6. The summed E-state index contributed by atoms with van der Waals surface area (Å²) in [6, 6.07) is 14.8. The molecule has 3 aromatic rings. The van der Waals surface area contributed by atoms with Crippen LogP contribution in [0, 0.1) is 5.92 Å². The third kappa shape index (κ3) is 4.91. The number of carbonyl (C=O) groups excluding carboxylic acids is 1. The van der Waals surface area contributed by atoms with E-state index in [1.165, 1.54) is 10.6 Å². The summed E-state index contributed by atoms with van der Waals surface area (Å²) >= 11 is 1.73. The van der Waals surface area contributed by atoms with Gasteiger partial charge in [-0.3, -0.25) is 9.69 Å². The Morgan fingerprint density at radius 2 is 1.94 bits per heavy atom. The van der Waals surface area contributed by atoms with Gasteiger partial charge in [-0.2, -0.15) is 0 Å². The van der Waals surface area contributed by atoms with E-state index >= 15 is 0 Å². The molecule has 0 bridgehead atoms. The highest BCUT2D eigenvalue weighted by Crippen LogP contribution is 2.36. The van der Waals surface area contributed by atoms with Gasteiger partial charge in [0.15, 0.2) is 5.76 Å². The Morgan fingerprint density at radius 1 is 1.13 bits per heavy atom. The molecule has 1 aromatic carbocycles. The van der Waals surface area contributed by atoms with Crippen molar-refractivity contribution in [2.75, 3.05) is 13.1 Å². The first-order chi connectivity index (χ1) is 15.3. The van der Waals surface area contributed by atoms with Crippen molar-refractivity contribution < 1.29 is 9.21 Å². The molecule has 2 aliphatic rings. The number of hydrogen-bond acceptors (Lipinski definition) is 5. The van der Waals surface area contributed by atoms with Crippen LogP contribution in [0.2, 0.25) is 0 Å². The number of amides is 1. The Labute approximate surface area is 187 Å². The van der Waals surface area contributed by atoms with Gasteiger partial charge in [0.05, 0.1) is 12.8 Å². The number of piperidine rings is 1. The Kier molecular flexibility index (Phi) is 6.18. The number of hydrogen-bond donors (Lipinski definition) is 0. The van der Waals surface area contributed by atoms with E-state index in [9.17, 15) is 4.79 Å². The van der Waals surface area contributed by atoms with E-state index in [1.807, 2.05) is 17.6 Å². The molecule has 5 nitrogen and oxygen atoms in total. The molecule has 1 unspecified atom stereocenters. The summed E-state index contributed by atoms with van der Waals surface area (Å²) in [5.74, 6) is 1.01. The fourth-order valence-electron chi connectivity index (χ4n) is 4.83. The molecule has 1 saturated heterocycles. The summed E-state index contributed by atoms with van der Waals surface area (Å²) in [6.07, 6.45) is 8.80. The van der Waals surface area contributed by atoms with Gasteiger partial charge in [-0.25, -0.2) is 4.98 Å². The maximum Gasteiger partial charge on any atom is 0.290 e. The zero-order chi connectivity index (χ0) is 21.0. The summed E-state index contributed by atoms with van der Waals surface area (Å²) < 4.78 is 5.51. The van der Waals surface area contributed by atoms with Gasteiger partial charge in [0.1, 0.15) is 5.01 Å². The maximum absolute atomic E-state index is 13.5. The quantitative estimate of drug-likeness (QED) is 0.507. The zero-order valence-corrected chi connectivity index (χ0v) is 18.5. The van der Waals surface area contributed by atoms with Crippen LogP contribution >= 0.6 is 11.3 Å². The van der Waals surface area contributed by atoms with Crippen LogP contribution < -0.4 is 0 Å². The van der Waals surface area contributed by atoms with Crippen LogP contribution in [-0.2, 0) is 13.0 Å². The van der Waals surface area contributed by atoms with E-state index in [4.69, 9.17) is 4.42 Å². The van der Waals surface area contributed by atoms with Crippen LogP contribution in [0.25, 0.3) is 0 Å². The molecule has 0 spiro atoms. The van der Waals surface area contributed by atoms with Gasteiger partial charge >= 0.3 is 0 Å². The number of nitrogens with zero attached hydrogens (tertiary/aromatic N) is 3. The van der Waals surface area contributed by atoms with E-state index in [1.54, 1.807) is 23.7 Å². The zero-order valence-electron chi connectivity index (χ0n) is 17.7. The highest BCUT2D eigenvalue weighted by atomic mass is 32.1. The van der Waals surface area contributed by atoms with Crippen LogP contribution in [0.3, 0.4) is 0 Å². The monoisotopic (exact) mass is 435 g/mol. The third-order valence-electron chi connectivity index (χ3n) is 6.57. The molecule has 5 rings (SSSR count). The molecule has 0 radical (unpaired) electrons. The van der Waals surface area contributed by atoms with Crippen LogP contribution in [0.1, 0.15) is 46.8 Å². The number of rotatable bonds is 8. The van der Waals surface area contributed by atoms with Crippen molar-refractivity contribution in [3.63, 3.8) is 0 Å². The first-order valence-corrected chi connectivity index (χ1v) is 12.2. The Balaban J connectivity index is 1.34. The molecule has 31 heavy (non-hydrogen) atoms. The van der Waals surface area contributed by atoms with Gasteiger partial charge in [-0.15, -0.1) is 11.3 Å². The van der Waals surface area contributed by atoms with Crippen LogP contribution in [0.15, 0.2) is 64.7 Å². The van der Waals surface area contributed by atoms with Crippen LogP contribution in [0.4, 0.5) is 0 Å². The molecule has 2 fully saturated rings. The van der Waals surface area contributed by atoms with Crippen LogP contribution in [-0.4, -0.2) is 45.9 Å². The fourth-order valence-corrected chi connectivity index (χ4v) is 5.49. The standard InChI is InChI=1S/C25H29N3O2S/c29-25(23-7-4-15-30-23)28(21-8-9-21)22(17-19-5-2-1-3-6-19)20-10-13-27(14-11-20)18-24-26-12-16-31-24/h1-7,12,15-16,20-22H,8-11,13-14,17-18H2. The van der Waals surface area contributed by atoms with Gasteiger partial charge in [-0.05, 0) is 68.8 Å². The third-order valence-corrected chi connectivity index (χ3v) is 7.33. The number of likely N-dealkylation sites (tertiary alicyclic amines) is 1. The van der Waals surface area contributed by atoms with E-state index in [0.717, 1.165) is 51.7 Å². The summed E-state index contributed by atoms with van der Waals surface area (Å²) in [5, 5.41) is 3.23. The van der Waals surface area contributed by atoms with Crippen LogP contribution in [0.5, 0.6) is 0 Å². The molecule has 6 heteroatoms. The van der Waals surface area contributed by atoms with Gasteiger partial charge < -0.3 is 9.32 Å². The minimum atomic E-state index is 0.0543. The molecule has 3 heterocycles. The molecule has 1 aliphatic heterocycles. The van der Waals surface area contributed by atoms with Gasteiger partial charge in [0.25, 0.3) is 5.91 Å². The van der Waals surface area contributed by atoms with Crippen molar-refractivity contribution in [1.82, 2.24) is 14.8 Å². The number of thiazole rings is 1. The van der Waals surface area contributed by atoms with Crippen molar-refractivity contribution in [3.05, 3.63) is 76.6 Å². The summed E-state index contributed by atoms with van der Waals surface area (Å²) in [6.45, 7) is 3.05. The Morgan fingerprint density at radius 3 is 2.58 bits per heavy atom. The van der Waals surface area contributed by atoms with Crippen molar-refractivity contribution in [3.8, 4) is 0 Å². The van der Waals surface area contributed by atoms with Gasteiger partial charge in [-0.1, -0.05) is 30.3 Å². The highest BCUT2D eigenvalue weighted by molar-refractivity contribution is 7.09. The number of benzene rings is 1. The average Bonchev–Trinajstić information content (AvgIpc) is 3.26. The topological polar surface area (TPSA) is 49.6 Å². The highest BCUT2D eigenvalue weighted by Gasteiger charge is 2.42. The minimum absolute atomic E-state index is 0.0543. The summed E-state index contributed by atoms with van der Waals surface area (Å²) in [5.41, 5.74) is 1.30. The molecule has 1 amide bonds. The van der Waals surface area contributed by atoms with E-state index in [2.05, 4.69) is 45.1 Å².